The molecular weight excluding hydrogens is 349 g/mol. The van der Waals surface area contributed by atoms with Gasteiger partial charge in [0.1, 0.15) is 5.69 Å². The summed E-state index contributed by atoms with van der Waals surface area (Å²) in [5, 5.41) is 0. The summed E-state index contributed by atoms with van der Waals surface area (Å²) in [4.78, 5) is 0. The Morgan fingerprint density at radius 1 is 0.655 bits per heavy atom. The molecule has 0 saturated carbocycles. The monoisotopic (exact) mass is 385 g/mol. The Kier molecular flexibility index (Phi) is 6.51. The van der Waals surface area contributed by atoms with Gasteiger partial charge in [-0.25, -0.2) is 0 Å². The maximum atomic E-state index is 3.83. The highest BCUT2D eigenvalue weighted by Crippen LogP contribution is 2.35. The van der Waals surface area contributed by atoms with Crippen LogP contribution in [-0.2, 0) is 0 Å². The number of rotatable bonds is 6. The van der Waals surface area contributed by atoms with Gasteiger partial charge < -0.3 is 4.58 Å². The average Bonchev–Trinajstić information content (AvgIpc) is 3.15. The molecule has 1 aliphatic rings. The van der Waals surface area contributed by atoms with Gasteiger partial charge in [-0.05, 0) is 34.8 Å². The van der Waals surface area contributed by atoms with Crippen molar-refractivity contribution in [2.45, 2.75) is 79.1 Å². The van der Waals surface area contributed by atoms with E-state index in [1.807, 2.05) is 0 Å². The molecule has 0 amide bonds. The van der Waals surface area contributed by atoms with Crippen LogP contribution in [0.4, 0.5) is 5.69 Å². The molecule has 1 nitrogen and oxygen atoms in total. The van der Waals surface area contributed by atoms with Crippen molar-refractivity contribution in [3.63, 3.8) is 0 Å². The van der Waals surface area contributed by atoms with Crippen molar-refractivity contribution in [2.75, 3.05) is 0 Å². The van der Waals surface area contributed by atoms with E-state index in [1.165, 1.54) is 33.4 Å². The summed E-state index contributed by atoms with van der Waals surface area (Å²) in [5.74, 6) is 4.29. The van der Waals surface area contributed by atoms with Crippen molar-refractivity contribution in [2.24, 2.45) is 0 Å². The van der Waals surface area contributed by atoms with Gasteiger partial charge in [-0.15, -0.1) is 5.98 Å². The van der Waals surface area contributed by atoms with Gasteiger partial charge in [0.15, 0.2) is 0 Å². The molecule has 2 heteroatoms. The zero-order valence-electron chi connectivity index (χ0n) is 19.5. The summed E-state index contributed by atoms with van der Waals surface area (Å²) >= 11 is 0. The van der Waals surface area contributed by atoms with Gasteiger partial charge in [0.2, 0.25) is 6.71 Å². The van der Waals surface area contributed by atoms with E-state index >= 15 is 0 Å². The van der Waals surface area contributed by atoms with Crippen LogP contribution in [0, 0.1) is 0 Å². The number of hydrogen-bond acceptors (Lipinski definition) is 0. The minimum absolute atomic E-state index is 0.200. The summed E-state index contributed by atoms with van der Waals surface area (Å²) in [6.45, 7) is 18.5. The van der Waals surface area contributed by atoms with Crippen molar-refractivity contribution >= 4 is 24.0 Å². The Morgan fingerprint density at radius 2 is 1.07 bits per heavy atom. The van der Waals surface area contributed by atoms with Crippen LogP contribution in [0.2, 0.25) is 0 Å². The Balaban J connectivity index is 2.17. The number of nitrogens with zero attached hydrogens (tertiary/aromatic N) is 1. The van der Waals surface area contributed by atoms with Crippen LogP contribution in [0.25, 0.3) is 0 Å². The molecule has 0 saturated heterocycles. The molecule has 0 atom stereocenters. The highest BCUT2D eigenvalue weighted by Gasteiger charge is 2.26. The first-order valence-electron chi connectivity index (χ1n) is 11.2. The minimum atomic E-state index is 0.200. The molecule has 1 aliphatic heterocycles. The van der Waals surface area contributed by atoms with Gasteiger partial charge in [0.05, 0.1) is 12.3 Å². The van der Waals surface area contributed by atoms with E-state index in [-0.39, 0.29) is 6.71 Å². The average molecular weight is 385 g/mol. The minimum Gasteiger partial charge on any atom is -0.337 e. The molecule has 152 valence electrons. The Morgan fingerprint density at radius 3 is 1.48 bits per heavy atom. The maximum Gasteiger partial charge on any atom is 0.230 e. The van der Waals surface area contributed by atoms with Gasteiger partial charge in [-0.1, -0.05) is 108 Å². The highest BCUT2D eigenvalue weighted by atomic mass is 15.0. The zero-order valence-corrected chi connectivity index (χ0v) is 19.5. The molecule has 2 aromatic carbocycles. The largest absolute Gasteiger partial charge is 0.337 e. The van der Waals surface area contributed by atoms with Crippen LogP contribution in [0.1, 0.15) is 101 Å². The van der Waals surface area contributed by atoms with E-state index < -0.39 is 0 Å². The Labute approximate surface area is 178 Å². The molecule has 0 N–H and O–H groups in total. The summed E-state index contributed by atoms with van der Waals surface area (Å²) in [6.07, 6.45) is 6.06. The summed E-state index contributed by atoms with van der Waals surface area (Å²) in [6, 6.07) is 13.6. The van der Waals surface area contributed by atoms with Gasteiger partial charge in [-0.3, -0.25) is 0 Å². The zero-order chi connectivity index (χ0) is 21.3. The van der Waals surface area contributed by atoms with Crippen molar-refractivity contribution in [1.29, 1.82) is 0 Å². The fourth-order valence-corrected chi connectivity index (χ4v) is 4.47. The van der Waals surface area contributed by atoms with E-state index in [4.69, 9.17) is 0 Å². The lowest BCUT2D eigenvalue weighted by molar-refractivity contribution is -0.351. The van der Waals surface area contributed by atoms with Gasteiger partial charge >= 0.3 is 0 Å². The summed E-state index contributed by atoms with van der Waals surface area (Å²) in [7, 11) is 0. The van der Waals surface area contributed by atoms with E-state index in [2.05, 4.69) is 115 Å². The predicted octanol–water partition coefficient (Wildman–Crippen LogP) is 6.78. The summed E-state index contributed by atoms with van der Waals surface area (Å²) in [5.41, 5.74) is 8.46. The Hall–Kier alpha value is -2.09. The number of para-hydroxylation sites is 1. The smallest absolute Gasteiger partial charge is 0.230 e. The van der Waals surface area contributed by atoms with E-state index in [1.54, 1.807) is 0 Å². The third kappa shape index (κ3) is 4.27. The fraction of sp³-hybridized carbons (Fsp3) is 0.444. The second kappa shape index (κ2) is 8.73. The van der Waals surface area contributed by atoms with Crippen LogP contribution in [0.15, 0.2) is 48.6 Å². The van der Waals surface area contributed by atoms with Crippen molar-refractivity contribution in [3.8, 4) is 0 Å². The van der Waals surface area contributed by atoms with Crippen molar-refractivity contribution in [1.82, 2.24) is 0 Å². The van der Waals surface area contributed by atoms with Gasteiger partial charge in [0, 0.05) is 0 Å². The van der Waals surface area contributed by atoms with Crippen LogP contribution >= 0.6 is 0 Å². The quantitative estimate of drug-likeness (QED) is 0.293. The fourth-order valence-electron chi connectivity index (χ4n) is 4.47. The Bertz CT molecular complexity index is 879. The lowest BCUT2D eigenvalue weighted by Gasteiger charge is -2.22. The first-order chi connectivity index (χ1) is 13.7. The predicted molar refractivity (Wildman–Crippen MR) is 129 cm³/mol. The van der Waals surface area contributed by atoms with E-state index in [9.17, 15) is 0 Å². The van der Waals surface area contributed by atoms with Crippen LogP contribution in [-0.4, -0.2) is 17.4 Å². The highest BCUT2D eigenvalue weighted by molar-refractivity contribution is 6.99. The topological polar surface area (TPSA) is 3.01 Å². The molecule has 0 spiro atoms. The normalized spacial score (nSPS) is 14.1. The molecular formula is C27H36BN. The standard InChI is InChI=1S/C27H36BN/c1-18(2)22-11-9-12-23(19(3)4)26(22)28-15-16-29(17-28)27-24(20(5)6)13-10-14-25(27)21(7)8/h9-16,18-21H,1-8H3. The molecule has 0 unspecified atom stereocenters. The lowest BCUT2D eigenvalue weighted by Crippen LogP contribution is -2.37. The SMILES string of the molecule is CC(C)c1cccc(C(C)C)c1B1[C-]=[N+](c2c(C(C)C)cccc2C(C)C)C=C1. The van der Waals surface area contributed by atoms with Gasteiger partial charge in [0.25, 0.3) is 0 Å². The molecule has 0 aromatic heterocycles. The third-order valence-corrected chi connectivity index (χ3v) is 6.02. The van der Waals surface area contributed by atoms with Crippen LogP contribution < -0.4 is 5.46 Å². The molecule has 1 heterocycles. The van der Waals surface area contributed by atoms with Crippen molar-refractivity contribution in [3.05, 3.63) is 70.8 Å². The maximum absolute atomic E-state index is 3.83. The third-order valence-electron chi connectivity index (χ3n) is 6.02. The van der Waals surface area contributed by atoms with E-state index in [0.29, 0.717) is 23.7 Å². The molecule has 0 fully saturated rings. The first-order valence-corrected chi connectivity index (χ1v) is 11.2. The molecule has 0 radical (unpaired) electrons. The first kappa shape index (κ1) is 21.6. The molecule has 2 aromatic rings. The van der Waals surface area contributed by atoms with Crippen molar-refractivity contribution < 1.29 is 4.58 Å². The van der Waals surface area contributed by atoms with Crippen LogP contribution in [0.3, 0.4) is 0 Å². The number of benzene rings is 2. The van der Waals surface area contributed by atoms with Crippen LogP contribution in [0.5, 0.6) is 0 Å². The number of hydrogen-bond donors (Lipinski definition) is 0. The van der Waals surface area contributed by atoms with E-state index in [0.717, 1.165) is 0 Å². The second-order valence-corrected chi connectivity index (χ2v) is 9.57. The molecule has 29 heavy (non-hydrogen) atoms. The molecule has 3 rings (SSSR count). The molecule has 0 bridgehead atoms. The summed E-state index contributed by atoms with van der Waals surface area (Å²) < 4.78 is 2.27. The van der Waals surface area contributed by atoms with Gasteiger partial charge in [-0.2, -0.15) is 0 Å². The molecule has 0 aliphatic carbocycles. The second-order valence-electron chi connectivity index (χ2n) is 9.57. The lowest BCUT2D eigenvalue weighted by atomic mass is 9.44.